The third-order valence-corrected chi connectivity index (χ3v) is 2.45. The molecular weight excluding hydrogens is 200 g/mol. The minimum absolute atomic E-state index is 0.0836. The average molecular weight is 220 g/mol. The fourth-order valence-electron chi connectivity index (χ4n) is 1.79. The normalized spacial score (nSPS) is 10.2. The van der Waals surface area contributed by atoms with E-state index < -0.39 is 0 Å². The fraction of sp³-hybridized carbons (Fsp3) is 0.538. The van der Waals surface area contributed by atoms with E-state index in [9.17, 15) is 4.79 Å². The molecule has 0 atom stereocenters. The van der Waals surface area contributed by atoms with Gasteiger partial charge in [0, 0.05) is 19.3 Å². The maximum atomic E-state index is 11.5. The molecule has 0 bridgehead atoms. The minimum Gasteiger partial charge on any atom is -0.356 e. The summed E-state index contributed by atoms with van der Waals surface area (Å²) in [6.07, 6.45) is 3.88. The Morgan fingerprint density at radius 1 is 1.31 bits per heavy atom. The number of rotatable bonds is 6. The SMILES string of the molecule is CCCN(CCC)c1ncccc1C(C)=O. The van der Waals surface area contributed by atoms with Gasteiger partial charge in [-0.2, -0.15) is 0 Å². The van der Waals surface area contributed by atoms with Gasteiger partial charge in [-0.3, -0.25) is 4.79 Å². The van der Waals surface area contributed by atoms with E-state index in [1.807, 2.05) is 12.1 Å². The number of ketones is 1. The molecule has 0 saturated heterocycles. The van der Waals surface area contributed by atoms with Crippen LogP contribution in [-0.4, -0.2) is 23.9 Å². The number of carbonyl (C=O) groups is 1. The van der Waals surface area contributed by atoms with E-state index in [-0.39, 0.29) is 5.78 Å². The molecule has 1 aromatic rings. The third kappa shape index (κ3) is 3.05. The van der Waals surface area contributed by atoms with Crippen LogP contribution in [0.3, 0.4) is 0 Å². The zero-order valence-corrected chi connectivity index (χ0v) is 10.4. The van der Waals surface area contributed by atoms with E-state index in [1.54, 1.807) is 13.1 Å². The van der Waals surface area contributed by atoms with Crippen molar-refractivity contribution >= 4 is 11.6 Å². The summed E-state index contributed by atoms with van der Waals surface area (Å²) in [5.74, 6) is 0.916. The van der Waals surface area contributed by atoms with Crippen LogP contribution in [-0.2, 0) is 0 Å². The Kier molecular flexibility index (Phi) is 4.96. The Balaban J connectivity index is 3.02. The number of hydrogen-bond acceptors (Lipinski definition) is 3. The summed E-state index contributed by atoms with van der Waals surface area (Å²) in [4.78, 5) is 18.0. The summed E-state index contributed by atoms with van der Waals surface area (Å²) >= 11 is 0. The van der Waals surface area contributed by atoms with Gasteiger partial charge < -0.3 is 4.90 Å². The number of anilines is 1. The van der Waals surface area contributed by atoms with Gasteiger partial charge >= 0.3 is 0 Å². The average Bonchev–Trinajstić information content (AvgIpc) is 2.29. The van der Waals surface area contributed by atoms with Crippen molar-refractivity contribution < 1.29 is 4.79 Å². The van der Waals surface area contributed by atoms with E-state index in [0.29, 0.717) is 0 Å². The lowest BCUT2D eigenvalue weighted by Gasteiger charge is -2.24. The lowest BCUT2D eigenvalue weighted by atomic mass is 10.1. The number of hydrogen-bond donors (Lipinski definition) is 0. The molecule has 0 aliphatic rings. The number of carbonyl (C=O) groups excluding carboxylic acids is 1. The van der Waals surface area contributed by atoms with Gasteiger partial charge in [0.25, 0.3) is 0 Å². The molecule has 16 heavy (non-hydrogen) atoms. The predicted octanol–water partition coefficient (Wildman–Crippen LogP) is 2.91. The first-order valence-corrected chi connectivity index (χ1v) is 5.91. The van der Waals surface area contributed by atoms with Crippen LogP contribution in [0.15, 0.2) is 18.3 Å². The van der Waals surface area contributed by atoms with Crippen LogP contribution in [0.25, 0.3) is 0 Å². The topological polar surface area (TPSA) is 33.2 Å². The molecule has 0 saturated carbocycles. The first kappa shape index (κ1) is 12.7. The van der Waals surface area contributed by atoms with Crippen molar-refractivity contribution in [1.82, 2.24) is 4.98 Å². The molecule has 1 heterocycles. The second-order valence-corrected chi connectivity index (χ2v) is 3.92. The number of pyridine rings is 1. The van der Waals surface area contributed by atoms with Gasteiger partial charge in [-0.1, -0.05) is 13.8 Å². The molecule has 3 heteroatoms. The lowest BCUT2D eigenvalue weighted by Crippen LogP contribution is -2.27. The zero-order chi connectivity index (χ0) is 12.0. The quantitative estimate of drug-likeness (QED) is 0.691. The van der Waals surface area contributed by atoms with Crippen LogP contribution in [0.1, 0.15) is 44.0 Å². The van der Waals surface area contributed by atoms with Crippen LogP contribution < -0.4 is 4.90 Å². The van der Waals surface area contributed by atoms with Crippen LogP contribution in [0.4, 0.5) is 5.82 Å². The van der Waals surface area contributed by atoms with E-state index >= 15 is 0 Å². The molecule has 0 aliphatic heterocycles. The maximum Gasteiger partial charge on any atom is 0.163 e. The van der Waals surface area contributed by atoms with Gasteiger partial charge in [0.1, 0.15) is 5.82 Å². The van der Waals surface area contributed by atoms with Crippen LogP contribution in [0, 0.1) is 0 Å². The van der Waals surface area contributed by atoms with E-state index in [1.165, 1.54) is 0 Å². The van der Waals surface area contributed by atoms with Crippen LogP contribution in [0.5, 0.6) is 0 Å². The Labute approximate surface area is 97.5 Å². The maximum absolute atomic E-state index is 11.5. The Bertz CT molecular complexity index is 344. The highest BCUT2D eigenvalue weighted by atomic mass is 16.1. The third-order valence-electron chi connectivity index (χ3n) is 2.45. The van der Waals surface area contributed by atoms with E-state index in [4.69, 9.17) is 0 Å². The molecule has 0 spiro atoms. The van der Waals surface area contributed by atoms with E-state index in [0.717, 1.165) is 37.3 Å². The molecular formula is C13H20N2O. The smallest absolute Gasteiger partial charge is 0.163 e. The second-order valence-electron chi connectivity index (χ2n) is 3.92. The molecule has 88 valence electrons. The summed E-state index contributed by atoms with van der Waals surface area (Å²) in [6.45, 7) is 7.77. The standard InChI is InChI=1S/C13H20N2O/c1-4-9-15(10-5-2)13-12(11(3)16)7-6-8-14-13/h6-8H,4-5,9-10H2,1-3H3. The molecule has 0 N–H and O–H groups in total. The van der Waals surface area contributed by atoms with Gasteiger partial charge in [0.05, 0.1) is 5.56 Å². The molecule has 3 nitrogen and oxygen atoms in total. The highest BCUT2D eigenvalue weighted by molar-refractivity contribution is 5.98. The molecule has 0 radical (unpaired) electrons. The lowest BCUT2D eigenvalue weighted by molar-refractivity contribution is 0.101. The summed E-state index contributed by atoms with van der Waals surface area (Å²) < 4.78 is 0. The molecule has 0 fully saturated rings. The van der Waals surface area contributed by atoms with Crippen molar-refractivity contribution in [3.8, 4) is 0 Å². The van der Waals surface area contributed by atoms with Gasteiger partial charge in [-0.05, 0) is 31.9 Å². The highest BCUT2D eigenvalue weighted by Gasteiger charge is 2.13. The molecule has 0 amide bonds. The Morgan fingerprint density at radius 3 is 2.44 bits per heavy atom. The van der Waals surface area contributed by atoms with Crippen LogP contribution in [0.2, 0.25) is 0 Å². The van der Waals surface area contributed by atoms with Crippen molar-refractivity contribution in [3.05, 3.63) is 23.9 Å². The first-order valence-electron chi connectivity index (χ1n) is 5.91. The predicted molar refractivity (Wildman–Crippen MR) is 67.0 cm³/mol. The molecule has 0 unspecified atom stereocenters. The fourth-order valence-corrected chi connectivity index (χ4v) is 1.79. The molecule has 0 aromatic carbocycles. The second kappa shape index (κ2) is 6.26. The highest BCUT2D eigenvalue weighted by Crippen LogP contribution is 2.18. The van der Waals surface area contributed by atoms with E-state index in [2.05, 4.69) is 23.7 Å². The summed E-state index contributed by atoms with van der Waals surface area (Å²) in [7, 11) is 0. The number of nitrogens with zero attached hydrogens (tertiary/aromatic N) is 2. The van der Waals surface area contributed by atoms with Gasteiger partial charge in [-0.15, -0.1) is 0 Å². The summed E-state index contributed by atoms with van der Waals surface area (Å²) in [5.41, 5.74) is 0.726. The van der Waals surface area contributed by atoms with Gasteiger partial charge in [0.2, 0.25) is 0 Å². The minimum atomic E-state index is 0.0836. The summed E-state index contributed by atoms with van der Waals surface area (Å²) in [5, 5.41) is 0. The van der Waals surface area contributed by atoms with Gasteiger partial charge in [0.15, 0.2) is 5.78 Å². The van der Waals surface area contributed by atoms with Crippen molar-refractivity contribution in [2.75, 3.05) is 18.0 Å². The number of aromatic nitrogens is 1. The summed E-state index contributed by atoms with van der Waals surface area (Å²) in [6, 6.07) is 3.67. The van der Waals surface area contributed by atoms with Crippen LogP contribution >= 0.6 is 0 Å². The zero-order valence-electron chi connectivity index (χ0n) is 10.4. The van der Waals surface area contributed by atoms with Crippen molar-refractivity contribution in [1.29, 1.82) is 0 Å². The van der Waals surface area contributed by atoms with Crippen molar-refractivity contribution in [2.45, 2.75) is 33.6 Å². The molecule has 0 aliphatic carbocycles. The first-order chi connectivity index (χ1) is 7.70. The Morgan fingerprint density at radius 2 is 1.94 bits per heavy atom. The van der Waals surface area contributed by atoms with Crippen molar-refractivity contribution in [3.63, 3.8) is 0 Å². The largest absolute Gasteiger partial charge is 0.356 e. The molecule has 1 aromatic heterocycles. The van der Waals surface area contributed by atoms with Crippen molar-refractivity contribution in [2.24, 2.45) is 0 Å². The number of Topliss-reactive ketones (excluding diaryl/α,β-unsaturated/α-hetero) is 1. The molecule has 1 rings (SSSR count). The van der Waals surface area contributed by atoms with Gasteiger partial charge in [-0.25, -0.2) is 4.98 Å². The Hall–Kier alpha value is -1.38. The monoisotopic (exact) mass is 220 g/mol.